The fraction of sp³-hybridized carbons (Fsp3) is 0.133. The van der Waals surface area contributed by atoms with Crippen LogP contribution in [0.4, 0.5) is 5.69 Å². The number of rotatable bonds is 4. The zero-order valence-corrected chi connectivity index (χ0v) is 13.6. The summed E-state index contributed by atoms with van der Waals surface area (Å²) in [7, 11) is 0. The minimum Gasteiger partial charge on any atom is -0.462 e. The van der Waals surface area contributed by atoms with Crippen LogP contribution in [0.25, 0.3) is 0 Å². The Morgan fingerprint density at radius 2 is 2.05 bits per heavy atom. The second kappa shape index (κ2) is 6.83. The molecule has 21 heavy (non-hydrogen) atoms. The predicted molar refractivity (Wildman–Crippen MR) is 86.0 cm³/mol. The van der Waals surface area contributed by atoms with E-state index in [1.165, 1.54) is 0 Å². The van der Waals surface area contributed by atoms with E-state index in [1.807, 2.05) is 0 Å². The van der Waals surface area contributed by atoms with Gasteiger partial charge in [0.2, 0.25) is 0 Å². The van der Waals surface area contributed by atoms with Crippen LogP contribution in [0.5, 0.6) is 11.5 Å². The zero-order chi connectivity index (χ0) is 15.4. The van der Waals surface area contributed by atoms with Crippen molar-refractivity contribution in [1.29, 1.82) is 0 Å². The molecule has 4 nitrogen and oxygen atoms in total. The van der Waals surface area contributed by atoms with Crippen molar-refractivity contribution in [3.63, 3.8) is 0 Å². The average Bonchev–Trinajstić information content (AvgIpc) is 2.44. The van der Waals surface area contributed by atoms with Crippen LogP contribution >= 0.6 is 27.5 Å². The normalized spacial score (nSPS) is 10.2. The average molecular weight is 371 g/mol. The second-order valence-corrected chi connectivity index (χ2v) is 5.44. The number of carbonyl (C=O) groups excluding carboxylic acids is 1. The van der Waals surface area contributed by atoms with Gasteiger partial charge in [0, 0.05) is 10.7 Å². The van der Waals surface area contributed by atoms with Gasteiger partial charge in [0.15, 0.2) is 0 Å². The van der Waals surface area contributed by atoms with Gasteiger partial charge in [0.1, 0.15) is 11.5 Å². The van der Waals surface area contributed by atoms with Crippen molar-refractivity contribution >= 4 is 39.2 Å². The Balaban J connectivity index is 2.28. The summed E-state index contributed by atoms with van der Waals surface area (Å²) < 4.78 is 11.4. The largest absolute Gasteiger partial charge is 0.462 e. The first-order valence-electron chi connectivity index (χ1n) is 6.20. The number of hydrogen-bond donors (Lipinski definition) is 1. The molecule has 0 aliphatic heterocycles. The molecular weight excluding hydrogens is 358 g/mol. The number of nitrogen functional groups attached to an aromatic ring is 1. The van der Waals surface area contributed by atoms with Gasteiger partial charge in [-0.2, -0.15) is 0 Å². The second-order valence-electron chi connectivity index (χ2n) is 4.15. The summed E-state index contributed by atoms with van der Waals surface area (Å²) >= 11 is 9.24. The predicted octanol–water partition coefficient (Wildman–Crippen LogP) is 4.65. The smallest absolute Gasteiger partial charge is 0.340 e. The third-order valence-corrected chi connectivity index (χ3v) is 3.50. The van der Waals surface area contributed by atoms with Gasteiger partial charge in [-0.3, -0.25) is 0 Å². The van der Waals surface area contributed by atoms with Gasteiger partial charge in [-0.05, 0) is 59.3 Å². The van der Waals surface area contributed by atoms with Gasteiger partial charge in [0.05, 0.1) is 16.6 Å². The lowest BCUT2D eigenvalue weighted by atomic mass is 10.1. The number of ether oxygens (including phenoxy) is 2. The molecule has 0 atom stereocenters. The third-order valence-electron chi connectivity index (χ3n) is 2.64. The highest BCUT2D eigenvalue weighted by atomic mass is 79.9. The molecule has 0 heterocycles. The van der Waals surface area contributed by atoms with Gasteiger partial charge in [0.25, 0.3) is 0 Å². The maximum atomic E-state index is 11.8. The van der Waals surface area contributed by atoms with Crippen LogP contribution in [0.2, 0.25) is 5.02 Å². The Bertz CT molecular complexity index is 676. The molecule has 0 radical (unpaired) electrons. The van der Waals surface area contributed by atoms with Crippen molar-refractivity contribution in [1.82, 2.24) is 0 Å². The topological polar surface area (TPSA) is 61.5 Å². The summed E-state index contributed by atoms with van der Waals surface area (Å²) in [5.74, 6) is 0.588. The maximum absolute atomic E-state index is 11.8. The summed E-state index contributed by atoms with van der Waals surface area (Å²) in [5.41, 5.74) is 6.40. The summed E-state index contributed by atoms with van der Waals surface area (Å²) in [4.78, 5) is 11.8. The summed E-state index contributed by atoms with van der Waals surface area (Å²) in [6, 6.07) is 10.00. The molecule has 6 heteroatoms. The molecule has 0 aliphatic rings. The van der Waals surface area contributed by atoms with Crippen LogP contribution in [-0.2, 0) is 4.74 Å². The Labute approximate surface area is 135 Å². The van der Waals surface area contributed by atoms with Crippen LogP contribution in [0.3, 0.4) is 0 Å². The minimum atomic E-state index is -0.476. The molecule has 2 aromatic carbocycles. The van der Waals surface area contributed by atoms with Gasteiger partial charge in [-0.15, -0.1) is 0 Å². The van der Waals surface area contributed by atoms with Gasteiger partial charge >= 0.3 is 5.97 Å². The number of carbonyl (C=O) groups is 1. The standard InChI is InChI=1S/C15H13BrClNO3/c1-2-20-15(19)11-8-10(4-5-13(11)18)21-14-6-3-9(17)7-12(14)16/h3-8H,2,18H2,1H3. The van der Waals surface area contributed by atoms with Gasteiger partial charge in [-0.25, -0.2) is 4.79 Å². The lowest BCUT2D eigenvalue weighted by Crippen LogP contribution is -2.08. The van der Waals surface area contributed by atoms with E-state index >= 15 is 0 Å². The van der Waals surface area contributed by atoms with Gasteiger partial charge in [-0.1, -0.05) is 11.6 Å². The van der Waals surface area contributed by atoms with E-state index in [0.29, 0.717) is 26.7 Å². The Hall–Kier alpha value is -1.72. The van der Waals surface area contributed by atoms with E-state index in [9.17, 15) is 4.79 Å². The van der Waals surface area contributed by atoms with E-state index in [2.05, 4.69) is 15.9 Å². The first kappa shape index (κ1) is 15.7. The number of benzene rings is 2. The molecule has 0 bridgehead atoms. The SMILES string of the molecule is CCOC(=O)c1cc(Oc2ccc(Cl)cc2Br)ccc1N. The zero-order valence-electron chi connectivity index (χ0n) is 11.2. The minimum absolute atomic E-state index is 0.277. The Kier molecular flexibility index (Phi) is 5.09. The molecule has 0 aliphatic carbocycles. The molecule has 0 spiro atoms. The van der Waals surface area contributed by atoms with Crippen molar-refractivity contribution in [2.45, 2.75) is 6.92 Å². The first-order valence-corrected chi connectivity index (χ1v) is 7.38. The van der Waals surface area contributed by atoms with E-state index in [0.717, 1.165) is 0 Å². The van der Waals surface area contributed by atoms with Crippen molar-refractivity contribution in [2.24, 2.45) is 0 Å². The summed E-state index contributed by atoms with van der Waals surface area (Å²) in [5, 5.41) is 0.596. The van der Waals surface area contributed by atoms with E-state index in [-0.39, 0.29) is 12.2 Å². The Morgan fingerprint density at radius 1 is 1.29 bits per heavy atom. The van der Waals surface area contributed by atoms with Crippen LogP contribution in [0.1, 0.15) is 17.3 Å². The molecule has 0 saturated heterocycles. The molecule has 0 fully saturated rings. The molecule has 0 saturated carbocycles. The van der Waals surface area contributed by atoms with Gasteiger partial charge < -0.3 is 15.2 Å². The highest BCUT2D eigenvalue weighted by Gasteiger charge is 2.13. The molecule has 2 N–H and O–H groups in total. The quantitative estimate of drug-likeness (QED) is 0.628. The lowest BCUT2D eigenvalue weighted by Gasteiger charge is -2.11. The molecular formula is C15H13BrClNO3. The molecule has 2 rings (SSSR count). The fourth-order valence-electron chi connectivity index (χ4n) is 1.67. The van der Waals surface area contributed by atoms with Crippen molar-refractivity contribution < 1.29 is 14.3 Å². The molecule has 0 aromatic heterocycles. The van der Waals surface area contributed by atoms with E-state index < -0.39 is 5.97 Å². The highest BCUT2D eigenvalue weighted by molar-refractivity contribution is 9.10. The number of esters is 1. The van der Waals surface area contributed by atoms with E-state index in [1.54, 1.807) is 43.3 Å². The number of anilines is 1. The highest BCUT2D eigenvalue weighted by Crippen LogP contribution is 2.33. The van der Waals surface area contributed by atoms with Crippen molar-refractivity contribution in [2.75, 3.05) is 12.3 Å². The maximum Gasteiger partial charge on any atom is 0.340 e. The lowest BCUT2D eigenvalue weighted by molar-refractivity contribution is 0.0527. The molecule has 0 unspecified atom stereocenters. The fourth-order valence-corrected chi connectivity index (χ4v) is 2.43. The number of nitrogens with two attached hydrogens (primary N) is 1. The van der Waals surface area contributed by atoms with Crippen molar-refractivity contribution in [3.05, 3.63) is 51.5 Å². The van der Waals surface area contributed by atoms with Crippen LogP contribution in [0.15, 0.2) is 40.9 Å². The third kappa shape index (κ3) is 3.89. The Morgan fingerprint density at radius 3 is 2.71 bits per heavy atom. The summed E-state index contributed by atoms with van der Waals surface area (Å²) in [6.45, 7) is 2.02. The van der Waals surface area contributed by atoms with Crippen molar-refractivity contribution in [3.8, 4) is 11.5 Å². The van der Waals surface area contributed by atoms with E-state index in [4.69, 9.17) is 26.8 Å². The molecule has 2 aromatic rings. The first-order chi connectivity index (χ1) is 10.0. The summed E-state index contributed by atoms with van der Waals surface area (Å²) in [6.07, 6.45) is 0. The molecule has 0 amide bonds. The van der Waals surface area contributed by atoms with Crippen LogP contribution in [-0.4, -0.2) is 12.6 Å². The van der Waals surface area contributed by atoms with Crippen LogP contribution in [0, 0.1) is 0 Å². The number of halogens is 2. The number of hydrogen-bond acceptors (Lipinski definition) is 4. The molecule has 110 valence electrons. The monoisotopic (exact) mass is 369 g/mol. The van der Waals surface area contributed by atoms with Crippen LogP contribution < -0.4 is 10.5 Å².